The number of fused-ring (bicyclic) bond motifs is 2. The van der Waals surface area contributed by atoms with E-state index < -0.39 is 0 Å². The van der Waals surface area contributed by atoms with Crippen LogP contribution in [0.3, 0.4) is 0 Å². The maximum absolute atomic E-state index is 4.67. The number of hydrogen-bond donors (Lipinski definition) is 0. The Bertz CT molecular complexity index is 1010. The molecule has 0 aliphatic heterocycles. The van der Waals surface area contributed by atoms with Gasteiger partial charge in [0.2, 0.25) is 0 Å². The van der Waals surface area contributed by atoms with Gasteiger partial charge in [-0.25, -0.2) is 0 Å². The quantitative estimate of drug-likeness (QED) is 0.447. The van der Waals surface area contributed by atoms with Crippen LogP contribution in [0, 0.1) is 6.92 Å². The molecule has 3 aromatic carbocycles. The second kappa shape index (κ2) is 5.51. The van der Waals surface area contributed by atoms with E-state index in [0.717, 1.165) is 11.9 Å². The van der Waals surface area contributed by atoms with E-state index in [4.69, 9.17) is 0 Å². The number of hydrogen-bond acceptors (Lipinski definition) is 1. The highest BCUT2D eigenvalue weighted by Crippen LogP contribution is 2.35. The zero-order chi connectivity index (χ0) is 15.8. The number of rotatable bonds is 2. The first-order chi connectivity index (χ1) is 11.3. The molecular weight excluding hydrogens is 278 g/mol. The molecule has 0 aliphatic rings. The number of benzene rings is 3. The van der Waals surface area contributed by atoms with Gasteiger partial charge in [-0.1, -0.05) is 55.5 Å². The van der Waals surface area contributed by atoms with Crippen molar-refractivity contribution in [3.05, 3.63) is 78.0 Å². The van der Waals surface area contributed by atoms with Crippen molar-refractivity contribution in [3.63, 3.8) is 0 Å². The third kappa shape index (κ3) is 2.29. The number of nitrogens with zero attached hydrogens (tertiary/aromatic N) is 1. The van der Waals surface area contributed by atoms with Gasteiger partial charge in [0.05, 0.1) is 5.52 Å². The molecule has 4 aromatic rings. The Morgan fingerprint density at radius 3 is 2.43 bits per heavy atom. The molecule has 1 heteroatoms. The lowest BCUT2D eigenvalue weighted by Gasteiger charge is -2.16. The predicted molar refractivity (Wildman–Crippen MR) is 98.8 cm³/mol. The van der Waals surface area contributed by atoms with Crippen LogP contribution in [-0.2, 0) is 6.42 Å². The molecule has 0 aliphatic carbocycles. The molecule has 0 saturated carbocycles. The van der Waals surface area contributed by atoms with Crippen molar-refractivity contribution in [1.82, 2.24) is 4.98 Å². The highest BCUT2D eigenvalue weighted by Gasteiger charge is 2.12. The van der Waals surface area contributed by atoms with Crippen molar-refractivity contribution < 1.29 is 0 Å². The van der Waals surface area contributed by atoms with E-state index in [9.17, 15) is 0 Å². The molecule has 0 unspecified atom stereocenters. The van der Waals surface area contributed by atoms with Gasteiger partial charge in [-0.3, -0.25) is 4.98 Å². The average Bonchev–Trinajstić information content (AvgIpc) is 2.60. The highest BCUT2D eigenvalue weighted by molar-refractivity contribution is 6.00. The van der Waals surface area contributed by atoms with Crippen LogP contribution >= 0.6 is 0 Å². The highest BCUT2D eigenvalue weighted by atomic mass is 14.6. The van der Waals surface area contributed by atoms with Crippen molar-refractivity contribution in [2.24, 2.45) is 0 Å². The van der Waals surface area contributed by atoms with E-state index in [1.165, 1.54) is 38.4 Å². The van der Waals surface area contributed by atoms with Crippen LogP contribution in [0.4, 0.5) is 0 Å². The molecule has 0 saturated heterocycles. The Morgan fingerprint density at radius 1 is 0.870 bits per heavy atom. The molecule has 0 bridgehead atoms. The normalized spacial score (nSPS) is 11.2. The topological polar surface area (TPSA) is 12.9 Å². The summed E-state index contributed by atoms with van der Waals surface area (Å²) in [6, 6.07) is 21.5. The fraction of sp³-hybridized carbons (Fsp3) is 0.136. The number of para-hydroxylation sites is 1. The van der Waals surface area contributed by atoms with Gasteiger partial charge in [-0.15, -0.1) is 0 Å². The molecule has 0 fully saturated rings. The summed E-state index contributed by atoms with van der Waals surface area (Å²) < 4.78 is 0. The Kier molecular flexibility index (Phi) is 3.34. The van der Waals surface area contributed by atoms with E-state index in [-0.39, 0.29) is 0 Å². The van der Waals surface area contributed by atoms with E-state index in [2.05, 4.69) is 73.4 Å². The van der Waals surface area contributed by atoms with Crippen molar-refractivity contribution in [1.29, 1.82) is 0 Å². The molecule has 112 valence electrons. The van der Waals surface area contributed by atoms with Crippen LogP contribution in [0.1, 0.15) is 18.1 Å². The SMILES string of the molecule is CCc1c(C)cc2ccccc2c1-c1cnc2ccccc2c1. The Balaban J connectivity index is 2.09. The summed E-state index contributed by atoms with van der Waals surface area (Å²) in [5, 5.41) is 3.80. The third-order valence-electron chi connectivity index (χ3n) is 4.61. The first-order valence-electron chi connectivity index (χ1n) is 8.14. The molecule has 1 heterocycles. The van der Waals surface area contributed by atoms with Gasteiger partial charge in [0, 0.05) is 17.1 Å². The summed E-state index contributed by atoms with van der Waals surface area (Å²) in [6.07, 6.45) is 3.04. The predicted octanol–water partition coefficient (Wildman–Crippen LogP) is 5.93. The average molecular weight is 297 g/mol. The molecule has 4 rings (SSSR count). The Hall–Kier alpha value is -2.67. The molecule has 1 aromatic heterocycles. The van der Waals surface area contributed by atoms with Gasteiger partial charge >= 0.3 is 0 Å². The molecular formula is C22H19N. The summed E-state index contributed by atoms with van der Waals surface area (Å²) in [4.78, 5) is 4.67. The van der Waals surface area contributed by atoms with Crippen molar-refractivity contribution in [2.75, 3.05) is 0 Å². The lowest BCUT2D eigenvalue weighted by molar-refractivity contribution is 1.12. The summed E-state index contributed by atoms with van der Waals surface area (Å²) in [7, 11) is 0. The summed E-state index contributed by atoms with van der Waals surface area (Å²) in [5.41, 5.74) is 6.36. The van der Waals surface area contributed by atoms with Crippen LogP contribution in [0.15, 0.2) is 66.9 Å². The van der Waals surface area contributed by atoms with E-state index >= 15 is 0 Å². The van der Waals surface area contributed by atoms with Crippen LogP contribution in [0.2, 0.25) is 0 Å². The number of aromatic nitrogens is 1. The Labute approximate surface area is 136 Å². The maximum Gasteiger partial charge on any atom is 0.0702 e. The monoisotopic (exact) mass is 297 g/mol. The fourth-order valence-corrected chi connectivity index (χ4v) is 3.52. The van der Waals surface area contributed by atoms with Crippen LogP contribution < -0.4 is 0 Å². The molecule has 0 atom stereocenters. The molecule has 23 heavy (non-hydrogen) atoms. The van der Waals surface area contributed by atoms with Gasteiger partial charge in [0.1, 0.15) is 0 Å². The van der Waals surface area contributed by atoms with Crippen molar-refractivity contribution in [2.45, 2.75) is 20.3 Å². The smallest absolute Gasteiger partial charge is 0.0702 e. The second-order valence-corrected chi connectivity index (χ2v) is 6.04. The Morgan fingerprint density at radius 2 is 1.61 bits per heavy atom. The largest absolute Gasteiger partial charge is 0.256 e. The molecule has 0 N–H and O–H groups in total. The van der Waals surface area contributed by atoms with Crippen molar-refractivity contribution in [3.8, 4) is 11.1 Å². The zero-order valence-electron chi connectivity index (χ0n) is 13.5. The van der Waals surface area contributed by atoms with E-state index in [1.54, 1.807) is 0 Å². The fourth-order valence-electron chi connectivity index (χ4n) is 3.52. The van der Waals surface area contributed by atoms with Crippen molar-refractivity contribution >= 4 is 21.7 Å². The van der Waals surface area contributed by atoms with Gasteiger partial charge in [-0.05, 0) is 52.9 Å². The van der Waals surface area contributed by atoms with Crippen LogP contribution in [-0.4, -0.2) is 4.98 Å². The maximum atomic E-state index is 4.67. The minimum Gasteiger partial charge on any atom is -0.256 e. The lowest BCUT2D eigenvalue weighted by atomic mass is 9.89. The van der Waals surface area contributed by atoms with Gasteiger partial charge in [0.25, 0.3) is 0 Å². The van der Waals surface area contributed by atoms with Gasteiger partial charge in [-0.2, -0.15) is 0 Å². The molecule has 0 spiro atoms. The number of pyridine rings is 1. The second-order valence-electron chi connectivity index (χ2n) is 6.04. The van der Waals surface area contributed by atoms with E-state index in [1.807, 2.05) is 12.3 Å². The van der Waals surface area contributed by atoms with Crippen LogP contribution in [0.5, 0.6) is 0 Å². The molecule has 1 nitrogen and oxygen atoms in total. The minimum atomic E-state index is 1.03. The minimum absolute atomic E-state index is 1.03. The number of aryl methyl sites for hydroxylation is 1. The summed E-state index contributed by atoms with van der Waals surface area (Å²) in [6.45, 7) is 4.44. The van der Waals surface area contributed by atoms with E-state index in [0.29, 0.717) is 0 Å². The summed E-state index contributed by atoms with van der Waals surface area (Å²) in [5.74, 6) is 0. The van der Waals surface area contributed by atoms with Gasteiger partial charge in [0.15, 0.2) is 0 Å². The van der Waals surface area contributed by atoms with Gasteiger partial charge < -0.3 is 0 Å². The summed E-state index contributed by atoms with van der Waals surface area (Å²) >= 11 is 0. The zero-order valence-corrected chi connectivity index (χ0v) is 13.5. The first kappa shape index (κ1) is 14.0. The molecule has 0 amide bonds. The standard InChI is InChI=1S/C22H19N/c1-3-19-15(2)12-16-8-4-6-10-20(16)22(19)18-13-17-9-5-7-11-21(17)23-14-18/h4-14H,3H2,1-2H3. The lowest BCUT2D eigenvalue weighted by Crippen LogP contribution is -1.95. The third-order valence-corrected chi connectivity index (χ3v) is 4.61. The van der Waals surface area contributed by atoms with Crippen LogP contribution in [0.25, 0.3) is 32.8 Å². The molecule has 0 radical (unpaired) electrons. The first-order valence-corrected chi connectivity index (χ1v) is 8.14.